The topological polar surface area (TPSA) is 17.3 Å². The molecule has 3 heterocycles. The van der Waals surface area contributed by atoms with Crippen LogP contribution in [0.1, 0.15) is 16.8 Å². The van der Waals surface area contributed by atoms with Gasteiger partial charge in [-0.25, -0.2) is 4.99 Å². The van der Waals surface area contributed by atoms with Gasteiger partial charge in [-0.1, -0.05) is 91.0 Å². The van der Waals surface area contributed by atoms with E-state index >= 15 is 0 Å². The summed E-state index contributed by atoms with van der Waals surface area (Å²) in [6.45, 7) is 0. The Bertz CT molecular complexity index is 1600. The number of rotatable bonds is 5. The highest BCUT2D eigenvalue weighted by atomic mass is 32.1. The summed E-state index contributed by atoms with van der Waals surface area (Å²) >= 11 is 1.52. The summed E-state index contributed by atoms with van der Waals surface area (Å²) in [6.07, 6.45) is 3.80. The molecule has 1 aliphatic heterocycles. The normalized spacial score (nSPS) is 14.4. The van der Waals surface area contributed by atoms with Crippen LogP contribution in [0.2, 0.25) is 0 Å². The van der Waals surface area contributed by atoms with Crippen molar-refractivity contribution in [2.75, 3.05) is 0 Å². The lowest BCUT2D eigenvalue weighted by Gasteiger charge is -2.07. The summed E-state index contributed by atoms with van der Waals surface area (Å²) in [7, 11) is -2.67. The van der Waals surface area contributed by atoms with Crippen molar-refractivity contribution in [3.63, 3.8) is 0 Å². The van der Waals surface area contributed by atoms with Gasteiger partial charge in [0.1, 0.15) is 0 Å². The SMILES string of the molecule is FB(F)n1c(/C=C2\N=C(c3ccccc3)C=C2c2ccccc2)cc2sc(-c3ccccc3)cc21. The number of benzene rings is 3. The molecule has 0 N–H and O–H groups in total. The van der Waals surface area contributed by atoms with Crippen molar-refractivity contribution in [2.24, 2.45) is 4.99 Å². The van der Waals surface area contributed by atoms with Crippen molar-refractivity contribution in [2.45, 2.75) is 0 Å². The predicted octanol–water partition coefficient (Wildman–Crippen LogP) is 8.07. The number of hydrogen-bond donors (Lipinski definition) is 0. The molecule has 3 aromatic carbocycles. The molecule has 0 saturated heterocycles. The Balaban J connectivity index is 1.48. The van der Waals surface area contributed by atoms with E-state index in [1.54, 1.807) is 6.08 Å². The van der Waals surface area contributed by atoms with Crippen LogP contribution in [0.25, 0.3) is 32.3 Å². The van der Waals surface area contributed by atoms with Crippen molar-refractivity contribution in [3.8, 4) is 10.4 Å². The highest BCUT2D eigenvalue weighted by Gasteiger charge is 2.26. The minimum Gasteiger partial charge on any atom is -0.324 e. The van der Waals surface area contributed by atoms with Crippen molar-refractivity contribution in [1.29, 1.82) is 0 Å². The zero-order valence-corrected chi connectivity index (χ0v) is 19.4. The van der Waals surface area contributed by atoms with Gasteiger partial charge in [-0.3, -0.25) is 8.63 Å². The Morgan fingerprint density at radius 3 is 1.97 bits per heavy atom. The Hall–Kier alpha value is -4.03. The third-order valence-electron chi connectivity index (χ3n) is 6.05. The molecule has 0 bridgehead atoms. The summed E-state index contributed by atoms with van der Waals surface area (Å²) in [4.78, 5) is 5.83. The van der Waals surface area contributed by atoms with Gasteiger partial charge in [0.15, 0.2) is 0 Å². The lowest BCUT2D eigenvalue weighted by molar-refractivity contribution is 0.634. The average Bonchev–Trinajstić information content (AvgIpc) is 3.58. The van der Waals surface area contributed by atoms with E-state index in [1.807, 2.05) is 109 Å². The lowest BCUT2D eigenvalue weighted by Crippen LogP contribution is -2.14. The largest absolute Gasteiger partial charge is 0.678 e. The van der Waals surface area contributed by atoms with Crippen LogP contribution in [-0.2, 0) is 0 Å². The fourth-order valence-corrected chi connectivity index (χ4v) is 5.50. The summed E-state index contributed by atoms with van der Waals surface area (Å²) in [5.41, 5.74) is 6.39. The molecule has 0 spiro atoms. The predicted molar refractivity (Wildman–Crippen MR) is 144 cm³/mol. The highest BCUT2D eigenvalue weighted by Crippen LogP contribution is 2.38. The highest BCUT2D eigenvalue weighted by molar-refractivity contribution is 7.22. The van der Waals surface area contributed by atoms with Gasteiger partial charge in [0.05, 0.1) is 21.6 Å². The van der Waals surface area contributed by atoms with E-state index in [9.17, 15) is 8.63 Å². The van der Waals surface area contributed by atoms with Crippen LogP contribution in [-0.4, -0.2) is 17.6 Å². The molecule has 6 heteroatoms. The second-order valence-corrected chi connectivity index (χ2v) is 9.34. The molecule has 5 aromatic rings. The fourth-order valence-electron chi connectivity index (χ4n) is 4.39. The van der Waals surface area contributed by atoms with Gasteiger partial charge in [0.2, 0.25) is 0 Å². The Morgan fingerprint density at radius 2 is 1.34 bits per heavy atom. The Labute approximate surface area is 206 Å². The van der Waals surface area contributed by atoms with Gasteiger partial charge in [-0.05, 0) is 35.4 Å². The summed E-state index contributed by atoms with van der Waals surface area (Å²) in [5, 5.41) is 0. The first-order valence-electron chi connectivity index (χ1n) is 11.3. The zero-order valence-electron chi connectivity index (χ0n) is 18.6. The molecule has 0 radical (unpaired) electrons. The maximum Gasteiger partial charge on any atom is 0.678 e. The first-order valence-corrected chi connectivity index (χ1v) is 12.1. The van der Waals surface area contributed by atoms with E-state index < -0.39 is 7.40 Å². The maximum atomic E-state index is 14.3. The molecule has 0 unspecified atom stereocenters. The van der Waals surface area contributed by atoms with Crippen LogP contribution in [0.15, 0.2) is 120 Å². The fraction of sp³-hybridized carbons (Fsp3) is 0. The first-order chi connectivity index (χ1) is 17.2. The van der Waals surface area contributed by atoms with Crippen molar-refractivity contribution < 1.29 is 8.63 Å². The monoisotopic (exact) mass is 476 g/mol. The molecule has 2 aromatic heterocycles. The van der Waals surface area contributed by atoms with Crippen molar-refractivity contribution >= 4 is 46.3 Å². The molecule has 0 amide bonds. The maximum absolute atomic E-state index is 14.3. The van der Waals surface area contributed by atoms with Crippen LogP contribution in [0.3, 0.4) is 0 Å². The number of nitrogens with zero attached hydrogens (tertiary/aromatic N) is 2. The number of hydrogen-bond acceptors (Lipinski definition) is 2. The molecule has 1 aliphatic rings. The van der Waals surface area contributed by atoms with Crippen LogP contribution in [0, 0.1) is 0 Å². The molecule has 6 rings (SSSR count). The molecule has 0 saturated carbocycles. The summed E-state index contributed by atoms with van der Waals surface area (Å²) < 4.78 is 30.6. The van der Waals surface area contributed by atoms with Crippen LogP contribution in [0.5, 0.6) is 0 Å². The molecular formula is C29H19BF2N2S. The van der Waals surface area contributed by atoms with E-state index in [-0.39, 0.29) is 0 Å². The second-order valence-electron chi connectivity index (χ2n) is 8.26. The number of fused-ring (bicyclic) bond motifs is 1. The Kier molecular flexibility index (Phi) is 5.51. The molecule has 0 fully saturated rings. The number of aromatic nitrogens is 1. The van der Waals surface area contributed by atoms with Gasteiger partial charge >= 0.3 is 7.40 Å². The lowest BCUT2D eigenvalue weighted by atomic mass is 10.0. The third kappa shape index (κ3) is 4.06. The van der Waals surface area contributed by atoms with E-state index in [1.165, 1.54) is 11.3 Å². The van der Waals surface area contributed by atoms with E-state index in [0.29, 0.717) is 16.9 Å². The Morgan fingerprint density at radius 1 is 0.743 bits per heavy atom. The van der Waals surface area contributed by atoms with Gasteiger partial charge in [-0.15, -0.1) is 11.3 Å². The quantitative estimate of drug-likeness (QED) is 0.228. The number of halogens is 2. The van der Waals surface area contributed by atoms with E-state index in [4.69, 9.17) is 4.99 Å². The van der Waals surface area contributed by atoms with Gasteiger partial charge in [0.25, 0.3) is 0 Å². The van der Waals surface area contributed by atoms with Crippen LogP contribution >= 0.6 is 11.3 Å². The van der Waals surface area contributed by atoms with Gasteiger partial charge < -0.3 is 4.48 Å². The summed E-state index contributed by atoms with van der Waals surface area (Å²) in [6, 6.07) is 33.4. The molecule has 35 heavy (non-hydrogen) atoms. The molecule has 0 atom stereocenters. The second kappa shape index (κ2) is 8.97. The van der Waals surface area contributed by atoms with Gasteiger partial charge in [-0.2, -0.15) is 0 Å². The van der Waals surface area contributed by atoms with Crippen molar-refractivity contribution in [3.05, 3.63) is 132 Å². The van der Waals surface area contributed by atoms with E-state index in [0.717, 1.165) is 42.0 Å². The average molecular weight is 476 g/mol. The summed E-state index contributed by atoms with van der Waals surface area (Å²) in [5.74, 6) is 0. The first kappa shape index (κ1) is 21.5. The van der Waals surface area contributed by atoms with Crippen LogP contribution in [0.4, 0.5) is 8.63 Å². The number of allylic oxidation sites excluding steroid dienone is 2. The number of aliphatic imine (C=N–C) groups is 1. The van der Waals surface area contributed by atoms with Crippen molar-refractivity contribution in [1.82, 2.24) is 4.48 Å². The molecule has 0 aliphatic carbocycles. The molecule has 2 nitrogen and oxygen atoms in total. The van der Waals surface area contributed by atoms with Crippen LogP contribution < -0.4 is 0 Å². The third-order valence-corrected chi connectivity index (χ3v) is 7.17. The molecule has 168 valence electrons. The standard InChI is InChI=1S/C29H19BF2N2S/c31-30(32)34-23(17-29-27(34)19-28(35-29)22-14-8-3-9-15-22)16-26-24(20-10-4-1-5-11-20)18-25(33-26)21-12-6-2-7-13-21/h1-19H/b26-16-. The van der Waals surface area contributed by atoms with E-state index in [2.05, 4.69) is 0 Å². The smallest absolute Gasteiger partial charge is 0.324 e. The number of thiophene rings is 1. The zero-order chi connectivity index (χ0) is 23.8. The minimum absolute atomic E-state index is 0.441. The molecular weight excluding hydrogens is 457 g/mol. The minimum atomic E-state index is -2.67. The van der Waals surface area contributed by atoms with Gasteiger partial charge in [0, 0.05) is 21.7 Å².